The second-order valence-electron chi connectivity index (χ2n) is 29.2. The van der Waals surface area contributed by atoms with Crippen LogP contribution in [-0.2, 0) is 0 Å². The summed E-state index contributed by atoms with van der Waals surface area (Å²) < 4.78 is 63.5. The predicted molar refractivity (Wildman–Crippen MR) is 430 cm³/mol. The van der Waals surface area contributed by atoms with Crippen molar-refractivity contribution in [2.75, 3.05) is 39.6 Å². The molecule has 2 heterocycles. The Hall–Kier alpha value is -7.10. The molecule has 4 aromatic carbocycles. The third-order valence-electron chi connectivity index (χ3n) is 19.7. The quantitative estimate of drug-likeness (QED) is 0.0199. The molecule has 590 valence electrons. The topological polar surface area (TPSA) is 186 Å². The van der Waals surface area contributed by atoms with Crippen LogP contribution < -0.4 is 37.9 Å². The van der Waals surface area contributed by atoms with Crippen molar-refractivity contribution >= 4 is 11.9 Å². The van der Waals surface area contributed by atoms with Gasteiger partial charge < -0.3 is 46.7 Å². The zero-order valence-electron chi connectivity index (χ0n) is 66.8. The maximum Gasteiger partial charge on any atom is 0.343 e. The first-order chi connectivity index (χ1) is 52.3. The van der Waals surface area contributed by atoms with Gasteiger partial charge >= 0.3 is 23.7 Å². The van der Waals surface area contributed by atoms with Crippen LogP contribution in [0.3, 0.4) is 0 Å². The summed E-state index contributed by atoms with van der Waals surface area (Å²) in [6, 6.07) is 20.7. The van der Waals surface area contributed by atoms with Gasteiger partial charge in [-0.2, -0.15) is 0 Å². The van der Waals surface area contributed by atoms with Gasteiger partial charge in [0.2, 0.25) is 23.3 Å². The van der Waals surface area contributed by atoms with E-state index >= 15 is 0 Å². The van der Waals surface area contributed by atoms with Crippen molar-refractivity contribution in [3.63, 3.8) is 0 Å². The van der Waals surface area contributed by atoms with Crippen LogP contribution in [0.15, 0.2) is 81.6 Å². The minimum Gasteiger partial charge on any atom is -0.490 e. The molecule has 0 aliphatic rings. The van der Waals surface area contributed by atoms with Gasteiger partial charge in [0, 0.05) is 11.1 Å². The van der Waals surface area contributed by atoms with Crippen LogP contribution in [0.1, 0.15) is 370 Å². The Bertz CT molecular complexity index is 2900. The highest BCUT2D eigenvalue weighted by atomic mass is 16.6. The van der Waals surface area contributed by atoms with Gasteiger partial charge in [-0.15, -0.1) is 20.4 Å². The molecule has 0 N–H and O–H groups in total. The van der Waals surface area contributed by atoms with Gasteiger partial charge in [-0.25, -0.2) is 9.59 Å². The number of aromatic nitrogens is 4. The fourth-order valence-electron chi connectivity index (χ4n) is 13.1. The van der Waals surface area contributed by atoms with Crippen LogP contribution in [0.4, 0.5) is 0 Å². The molecular weight excluding hydrogens is 1330 g/mol. The van der Waals surface area contributed by atoms with Gasteiger partial charge in [0.1, 0.15) is 11.5 Å². The lowest BCUT2D eigenvalue weighted by Crippen LogP contribution is -2.12. The molecule has 6 rings (SSSR count). The number of hydrogen-bond acceptors (Lipinski definition) is 16. The minimum atomic E-state index is -0.553. The van der Waals surface area contributed by atoms with Crippen LogP contribution in [0.25, 0.3) is 34.7 Å². The monoisotopic (exact) mass is 1470 g/mol. The van der Waals surface area contributed by atoms with Gasteiger partial charge in [0.15, 0.2) is 23.0 Å². The first-order valence-electron chi connectivity index (χ1n) is 42.7. The number of rotatable bonds is 67. The van der Waals surface area contributed by atoms with Gasteiger partial charge in [-0.1, -0.05) is 311 Å². The third kappa shape index (κ3) is 36.2. The first-order valence-corrected chi connectivity index (χ1v) is 42.7. The Balaban J connectivity index is 1.11. The maximum atomic E-state index is 14.2. The maximum absolute atomic E-state index is 14.2. The molecule has 0 fully saturated rings. The van der Waals surface area contributed by atoms with E-state index in [0.717, 1.165) is 77.0 Å². The summed E-state index contributed by atoms with van der Waals surface area (Å²) in [5.41, 5.74) is 1.77. The lowest BCUT2D eigenvalue weighted by molar-refractivity contribution is 0.0724. The summed E-state index contributed by atoms with van der Waals surface area (Å²) in [7, 11) is 0. The number of unbranched alkanes of at least 4 members (excludes halogenated alkanes) is 42. The number of hydrogen-bond donors (Lipinski definition) is 0. The molecular formula is C90H138N4O12. The highest BCUT2D eigenvalue weighted by Gasteiger charge is 2.24. The van der Waals surface area contributed by atoms with Gasteiger partial charge in [-0.3, -0.25) is 0 Å². The molecule has 16 heteroatoms. The van der Waals surface area contributed by atoms with E-state index in [2.05, 4.69) is 61.9 Å². The zero-order valence-corrected chi connectivity index (χ0v) is 66.8. The van der Waals surface area contributed by atoms with E-state index in [1.165, 1.54) is 231 Å². The van der Waals surface area contributed by atoms with E-state index in [1.807, 2.05) is 0 Å². The van der Waals surface area contributed by atoms with Crippen LogP contribution in [-0.4, -0.2) is 72.0 Å². The molecule has 0 radical (unpaired) electrons. The molecule has 0 atom stereocenters. The molecule has 16 nitrogen and oxygen atoms in total. The molecule has 0 spiro atoms. The highest BCUT2D eigenvalue weighted by Crippen LogP contribution is 2.42. The Morgan fingerprint density at radius 3 is 0.679 bits per heavy atom. The fraction of sp³-hybridized carbons (Fsp3) is 0.667. The summed E-state index contributed by atoms with van der Waals surface area (Å²) in [5.74, 6) is 3.06. The standard InChI is InChI=1S/C90H138N4O12/c1-7-13-19-25-31-37-43-49-63-97-79-69-75(70-80(98-64-50-44-38-32-26-20-14-8-2)83(79)101-67-53-47-41-35-29-23-17-11-5)89(95)103-77-59-55-73(56-60-77)85-91-93-87(105-85)88-94-92-86(106-88)74-57-61-78(62-58-74)104-90(96)76-71-81(99-65-51-45-39-33-27-21-15-9-3)84(102-68-54-48-42-36-30-24-18-12-6)82(72-76)100-66-52-46-40-34-28-22-16-10-4/h55-62,69-72H,7-54,63-68H2,1-6H3. The van der Waals surface area contributed by atoms with Gasteiger partial charge in [0.05, 0.1) is 50.8 Å². The molecule has 0 aliphatic carbocycles. The van der Waals surface area contributed by atoms with Gasteiger partial charge in [-0.05, 0) is 111 Å². The first kappa shape index (κ1) is 87.8. The molecule has 106 heavy (non-hydrogen) atoms. The molecule has 0 amide bonds. The van der Waals surface area contributed by atoms with Crippen molar-refractivity contribution in [1.82, 2.24) is 20.4 Å². The van der Waals surface area contributed by atoms with Crippen LogP contribution in [0.5, 0.6) is 46.0 Å². The lowest BCUT2D eigenvalue weighted by atomic mass is 10.1. The summed E-state index contributed by atoms with van der Waals surface area (Å²) in [6.45, 7) is 16.6. The number of carbonyl (C=O) groups excluding carboxylic acids is 2. The number of nitrogens with zero attached hydrogens (tertiary/aromatic N) is 4. The summed E-state index contributed by atoms with van der Waals surface area (Å²) in [6.07, 6.45) is 56.9. The van der Waals surface area contributed by atoms with E-state index < -0.39 is 11.9 Å². The number of benzene rings is 4. The van der Waals surface area contributed by atoms with Crippen LogP contribution in [0, 0.1) is 0 Å². The van der Waals surface area contributed by atoms with Gasteiger partial charge in [0.25, 0.3) is 0 Å². The lowest BCUT2D eigenvalue weighted by Gasteiger charge is -2.19. The van der Waals surface area contributed by atoms with Crippen molar-refractivity contribution < 1.29 is 56.3 Å². The molecule has 0 aliphatic heterocycles. The van der Waals surface area contributed by atoms with Crippen molar-refractivity contribution in [2.45, 2.75) is 350 Å². The number of esters is 2. The molecule has 0 saturated heterocycles. The van der Waals surface area contributed by atoms with Crippen LogP contribution in [0.2, 0.25) is 0 Å². The molecule has 0 bridgehead atoms. The Morgan fingerprint density at radius 1 is 0.255 bits per heavy atom. The Kier molecular flexibility index (Phi) is 47.3. The SMILES string of the molecule is CCCCCCCCCCOc1cc(C(=O)Oc2ccc(-c3nnc(-c4nnc(-c5ccc(OC(=O)c6cc(OCCCCCCCCCC)c(OCCCCCCCCCC)c(OCCCCCCCCCC)c6)cc5)o4)o3)cc2)cc(OCCCCCCCCCC)c1OCCCCCCCCCC. The van der Waals surface area contributed by atoms with Crippen molar-refractivity contribution in [1.29, 1.82) is 0 Å². The Morgan fingerprint density at radius 2 is 0.453 bits per heavy atom. The molecule has 6 aromatic rings. The number of ether oxygens (including phenoxy) is 8. The average Bonchev–Trinajstić information content (AvgIpc) is 1.20. The predicted octanol–water partition coefficient (Wildman–Crippen LogP) is 27.0. The normalized spacial score (nSPS) is 11.3. The summed E-state index contributed by atoms with van der Waals surface area (Å²) >= 11 is 0. The van der Waals surface area contributed by atoms with E-state index in [4.69, 9.17) is 46.7 Å². The summed E-state index contributed by atoms with van der Waals surface area (Å²) in [4.78, 5) is 28.4. The van der Waals surface area contributed by atoms with E-state index in [0.29, 0.717) is 108 Å². The number of carbonyl (C=O) groups is 2. The minimum absolute atomic E-state index is 0.0211. The second kappa shape index (κ2) is 57.1. The molecule has 0 saturated carbocycles. The van der Waals surface area contributed by atoms with E-state index in [-0.39, 0.29) is 23.6 Å². The largest absolute Gasteiger partial charge is 0.490 e. The van der Waals surface area contributed by atoms with E-state index in [1.54, 1.807) is 72.8 Å². The highest BCUT2D eigenvalue weighted by molar-refractivity contribution is 5.93. The third-order valence-corrected chi connectivity index (χ3v) is 19.7. The molecule has 0 unspecified atom stereocenters. The average molecular weight is 1470 g/mol. The van der Waals surface area contributed by atoms with Crippen LogP contribution >= 0.6 is 0 Å². The second-order valence-corrected chi connectivity index (χ2v) is 29.2. The summed E-state index contributed by atoms with van der Waals surface area (Å²) in [5, 5.41) is 17.1. The molecule has 2 aromatic heterocycles. The Labute approximate surface area is 639 Å². The van der Waals surface area contributed by atoms with E-state index in [9.17, 15) is 9.59 Å². The fourth-order valence-corrected chi connectivity index (χ4v) is 13.1. The smallest absolute Gasteiger partial charge is 0.343 e. The van der Waals surface area contributed by atoms with Crippen molar-refractivity contribution in [3.05, 3.63) is 83.9 Å². The van der Waals surface area contributed by atoms with Crippen molar-refractivity contribution in [2.24, 2.45) is 0 Å². The zero-order chi connectivity index (χ0) is 75.0. The van der Waals surface area contributed by atoms with Crippen molar-refractivity contribution in [3.8, 4) is 80.7 Å².